The van der Waals surface area contributed by atoms with E-state index in [9.17, 15) is 9.59 Å². The van der Waals surface area contributed by atoms with E-state index in [0.29, 0.717) is 18.1 Å². The van der Waals surface area contributed by atoms with Gasteiger partial charge in [-0.1, -0.05) is 32.1 Å². The van der Waals surface area contributed by atoms with Crippen LogP contribution in [0.2, 0.25) is 0 Å². The van der Waals surface area contributed by atoms with Gasteiger partial charge in [-0.25, -0.2) is 0 Å². The number of esters is 1. The molecule has 0 aromatic rings. The second-order valence-corrected chi connectivity index (χ2v) is 9.27. The van der Waals surface area contributed by atoms with E-state index in [-0.39, 0.29) is 23.6 Å². The van der Waals surface area contributed by atoms with Crippen molar-refractivity contribution >= 4 is 11.8 Å². The van der Waals surface area contributed by atoms with Gasteiger partial charge in [-0.05, 0) is 65.2 Å². The molecule has 0 amide bonds. The van der Waals surface area contributed by atoms with Gasteiger partial charge in [0.2, 0.25) is 0 Å². The van der Waals surface area contributed by atoms with E-state index < -0.39 is 0 Å². The van der Waals surface area contributed by atoms with Crippen LogP contribution in [0.5, 0.6) is 0 Å². The topological polar surface area (TPSA) is 52.6 Å². The summed E-state index contributed by atoms with van der Waals surface area (Å²) in [4.78, 5) is 23.5. The van der Waals surface area contributed by atoms with Crippen molar-refractivity contribution in [1.82, 2.24) is 0 Å². The molecule has 1 rings (SSSR count). The molecule has 0 N–H and O–H groups in total. The van der Waals surface area contributed by atoms with Gasteiger partial charge in [0.1, 0.15) is 11.9 Å². The van der Waals surface area contributed by atoms with Crippen LogP contribution in [0.15, 0.2) is 0 Å². The van der Waals surface area contributed by atoms with Gasteiger partial charge < -0.3 is 9.47 Å². The third-order valence-electron chi connectivity index (χ3n) is 5.55. The van der Waals surface area contributed by atoms with Gasteiger partial charge in [0.25, 0.3) is 0 Å². The molecule has 1 fully saturated rings. The number of hydrogen-bond donors (Lipinski definition) is 0. The zero-order valence-electron chi connectivity index (χ0n) is 19.4. The molecule has 0 radical (unpaired) electrons. The molecule has 1 aliphatic carbocycles. The molecule has 29 heavy (non-hydrogen) atoms. The number of carbonyl (C=O) groups excluding carboxylic acids is 2. The minimum Gasteiger partial charge on any atom is -0.469 e. The number of rotatable bonds is 12. The molecular weight excluding hydrogens is 364 g/mol. The summed E-state index contributed by atoms with van der Waals surface area (Å²) in [5.74, 6) is 7.53. The lowest BCUT2D eigenvalue weighted by Crippen LogP contribution is -2.27. The quantitative estimate of drug-likeness (QED) is 0.231. The second-order valence-electron chi connectivity index (χ2n) is 9.27. The smallest absolute Gasteiger partial charge is 0.305 e. The molecule has 0 heterocycles. The normalized spacial score (nSPS) is 20.2. The Labute approximate surface area is 178 Å². The van der Waals surface area contributed by atoms with Crippen LogP contribution in [-0.2, 0) is 19.1 Å². The van der Waals surface area contributed by atoms with Crippen LogP contribution in [0.3, 0.4) is 0 Å². The molecule has 0 aliphatic heterocycles. The number of unbranched alkanes of at least 4 members (excludes halogenated alkanes) is 4. The average molecular weight is 407 g/mol. The van der Waals surface area contributed by atoms with Crippen molar-refractivity contribution in [3.05, 3.63) is 0 Å². The Morgan fingerprint density at radius 1 is 1.17 bits per heavy atom. The third kappa shape index (κ3) is 11.4. The molecule has 1 saturated carbocycles. The maximum atomic E-state index is 12.4. The van der Waals surface area contributed by atoms with Crippen LogP contribution >= 0.6 is 0 Å². The molecule has 0 saturated heterocycles. The molecule has 0 aromatic carbocycles. The fraction of sp³-hybridized carbons (Fsp3) is 0.840. The Balaban J connectivity index is 2.44. The molecule has 0 bridgehead atoms. The van der Waals surface area contributed by atoms with E-state index in [1.54, 1.807) is 0 Å². The monoisotopic (exact) mass is 406 g/mol. The zero-order valence-corrected chi connectivity index (χ0v) is 19.4. The highest BCUT2D eigenvalue weighted by Crippen LogP contribution is 2.36. The Morgan fingerprint density at radius 2 is 1.90 bits per heavy atom. The van der Waals surface area contributed by atoms with Gasteiger partial charge in [0, 0.05) is 25.2 Å². The first-order valence-electron chi connectivity index (χ1n) is 11.5. The molecule has 4 nitrogen and oxygen atoms in total. The lowest BCUT2D eigenvalue weighted by molar-refractivity contribution is -0.140. The molecule has 0 aromatic heterocycles. The number of ether oxygens (including phenoxy) is 2. The lowest BCUT2D eigenvalue weighted by Gasteiger charge is -2.26. The third-order valence-corrected chi connectivity index (χ3v) is 5.55. The highest BCUT2D eigenvalue weighted by molar-refractivity contribution is 5.83. The molecule has 2 unspecified atom stereocenters. The summed E-state index contributed by atoms with van der Waals surface area (Å²) >= 11 is 0. The summed E-state index contributed by atoms with van der Waals surface area (Å²) in [7, 11) is 1.43. The summed E-state index contributed by atoms with van der Waals surface area (Å²) in [6.07, 6.45) is 11.1. The van der Waals surface area contributed by atoms with Gasteiger partial charge >= 0.3 is 5.97 Å². The highest BCUT2D eigenvalue weighted by Gasteiger charge is 2.34. The van der Waals surface area contributed by atoms with E-state index in [1.165, 1.54) is 7.11 Å². The fourth-order valence-corrected chi connectivity index (χ4v) is 4.07. The van der Waals surface area contributed by atoms with E-state index in [4.69, 9.17) is 4.74 Å². The van der Waals surface area contributed by atoms with Crippen molar-refractivity contribution < 1.29 is 19.1 Å². The first-order chi connectivity index (χ1) is 13.8. The molecule has 166 valence electrons. The highest BCUT2D eigenvalue weighted by atomic mass is 16.5. The minimum atomic E-state index is -0.208. The van der Waals surface area contributed by atoms with Crippen LogP contribution in [0, 0.1) is 23.7 Å². The van der Waals surface area contributed by atoms with Crippen LogP contribution in [0.25, 0.3) is 0 Å². The lowest BCUT2D eigenvalue weighted by atomic mass is 9.86. The molecule has 3 atom stereocenters. The van der Waals surface area contributed by atoms with Gasteiger partial charge in [-0.2, -0.15) is 0 Å². The van der Waals surface area contributed by atoms with Gasteiger partial charge in [-0.15, -0.1) is 5.92 Å². The summed E-state index contributed by atoms with van der Waals surface area (Å²) in [6, 6.07) is 0. The summed E-state index contributed by atoms with van der Waals surface area (Å²) < 4.78 is 10.8. The molecule has 1 aliphatic rings. The van der Waals surface area contributed by atoms with Crippen molar-refractivity contribution in [2.24, 2.45) is 11.8 Å². The number of Topliss-reactive ketones (excluding diaryl/α,β-unsaturated/α-hetero) is 1. The Kier molecular flexibility index (Phi) is 12.2. The molecule has 4 heteroatoms. The van der Waals surface area contributed by atoms with Crippen LogP contribution in [0.1, 0.15) is 105 Å². The maximum Gasteiger partial charge on any atom is 0.305 e. The predicted molar refractivity (Wildman–Crippen MR) is 117 cm³/mol. The van der Waals surface area contributed by atoms with Crippen molar-refractivity contribution in [2.75, 3.05) is 7.11 Å². The van der Waals surface area contributed by atoms with Gasteiger partial charge in [0.15, 0.2) is 0 Å². The van der Waals surface area contributed by atoms with Crippen LogP contribution in [-0.4, -0.2) is 30.6 Å². The summed E-state index contributed by atoms with van der Waals surface area (Å²) in [5, 5.41) is 0. The van der Waals surface area contributed by atoms with Crippen LogP contribution < -0.4 is 0 Å². The van der Waals surface area contributed by atoms with Crippen molar-refractivity contribution in [3.8, 4) is 11.8 Å². The largest absolute Gasteiger partial charge is 0.469 e. The first-order valence-corrected chi connectivity index (χ1v) is 11.5. The Bertz CT molecular complexity index is 549. The number of ketones is 1. The van der Waals surface area contributed by atoms with Gasteiger partial charge in [0.05, 0.1) is 12.7 Å². The second kappa shape index (κ2) is 13.8. The van der Waals surface area contributed by atoms with Gasteiger partial charge in [-0.3, -0.25) is 9.59 Å². The number of methoxy groups -OCH3 is 1. The zero-order chi connectivity index (χ0) is 21.7. The van der Waals surface area contributed by atoms with Crippen molar-refractivity contribution in [2.45, 2.75) is 116 Å². The fourth-order valence-electron chi connectivity index (χ4n) is 4.07. The number of carbonyl (C=O) groups is 2. The van der Waals surface area contributed by atoms with Crippen molar-refractivity contribution in [3.63, 3.8) is 0 Å². The molecular formula is C25H42O4. The standard InChI is InChI=1S/C25H42O4/c1-6-7-10-13-21(29-25(2,3)4)18-16-20-17-19-23(26)22(20)14-11-8-9-12-15-24(27)28-5/h20-22H,6-9,11-12,14-19H2,1-5H3/t20-,21?,22?/m0/s1. The summed E-state index contributed by atoms with van der Waals surface area (Å²) in [5.41, 5.74) is -0.208. The van der Waals surface area contributed by atoms with Crippen molar-refractivity contribution in [1.29, 1.82) is 0 Å². The van der Waals surface area contributed by atoms with E-state index in [0.717, 1.165) is 70.6 Å². The average Bonchev–Trinajstić information content (AvgIpc) is 3.01. The van der Waals surface area contributed by atoms with Crippen LogP contribution in [0.4, 0.5) is 0 Å². The minimum absolute atomic E-state index is 0.0452. The van der Waals surface area contributed by atoms with E-state index in [1.807, 2.05) is 0 Å². The molecule has 0 spiro atoms. The maximum absolute atomic E-state index is 12.4. The predicted octanol–water partition coefficient (Wildman–Crippen LogP) is 5.86. The Hall–Kier alpha value is -1.34. The van der Waals surface area contributed by atoms with E-state index >= 15 is 0 Å². The number of hydrogen-bond acceptors (Lipinski definition) is 4. The SMILES string of the molecule is CCCC#CC(CC[C@H]1CCC(=O)C1CCCCCCC(=O)OC)OC(C)(C)C. The first kappa shape index (κ1) is 25.7. The Morgan fingerprint density at radius 3 is 2.55 bits per heavy atom. The summed E-state index contributed by atoms with van der Waals surface area (Å²) in [6.45, 7) is 8.36. The van der Waals surface area contributed by atoms with E-state index in [2.05, 4.69) is 44.3 Å².